The van der Waals surface area contributed by atoms with Crippen molar-refractivity contribution in [1.82, 2.24) is 0 Å². The summed E-state index contributed by atoms with van der Waals surface area (Å²) in [6, 6.07) is 4.10. The summed E-state index contributed by atoms with van der Waals surface area (Å²) in [5, 5.41) is 13.4. The van der Waals surface area contributed by atoms with Gasteiger partial charge in [-0.3, -0.25) is 0 Å². The van der Waals surface area contributed by atoms with Gasteiger partial charge in [-0.1, -0.05) is 12.8 Å². The largest absolute Gasteiger partial charge is 0.496 e. The molecule has 23 heavy (non-hydrogen) atoms. The van der Waals surface area contributed by atoms with E-state index in [-0.39, 0.29) is 12.0 Å². The van der Waals surface area contributed by atoms with Gasteiger partial charge in [0.2, 0.25) is 0 Å². The zero-order chi connectivity index (χ0) is 16.4. The smallest absolute Gasteiger partial charge is 0.164 e. The average Bonchev–Trinajstić information content (AvgIpc) is 2.59. The summed E-state index contributed by atoms with van der Waals surface area (Å²) < 4.78 is 16.5. The van der Waals surface area contributed by atoms with Gasteiger partial charge in [0.25, 0.3) is 0 Å². The van der Waals surface area contributed by atoms with Crippen molar-refractivity contribution in [1.29, 1.82) is 0 Å². The maximum absolute atomic E-state index is 11.1. The van der Waals surface area contributed by atoms with E-state index in [1.165, 1.54) is 6.42 Å². The van der Waals surface area contributed by atoms with E-state index in [0.717, 1.165) is 43.5 Å². The van der Waals surface area contributed by atoms with Crippen LogP contribution in [0.4, 0.5) is 0 Å². The highest BCUT2D eigenvalue weighted by atomic mass is 16.5. The molecule has 1 aliphatic heterocycles. The number of fused-ring (bicyclic) bond motifs is 1. The maximum atomic E-state index is 11.1. The molecule has 3 rings (SSSR count). The van der Waals surface area contributed by atoms with Crippen LogP contribution in [0.15, 0.2) is 12.1 Å². The third-order valence-electron chi connectivity index (χ3n) is 5.59. The first-order valence-electron chi connectivity index (χ1n) is 8.48. The first kappa shape index (κ1) is 16.4. The van der Waals surface area contributed by atoms with Crippen molar-refractivity contribution in [2.24, 2.45) is 5.92 Å². The lowest BCUT2D eigenvalue weighted by molar-refractivity contribution is -0.719. The highest BCUT2D eigenvalue weighted by Crippen LogP contribution is 2.46. The van der Waals surface area contributed by atoms with Crippen LogP contribution in [0.2, 0.25) is 0 Å². The molecular weight excluding hydrogens is 294 g/mol. The van der Waals surface area contributed by atoms with Gasteiger partial charge in [0.1, 0.15) is 11.8 Å². The molecule has 1 saturated carbocycles. The lowest BCUT2D eigenvalue weighted by atomic mass is 9.66. The van der Waals surface area contributed by atoms with E-state index in [2.05, 4.69) is 5.32 Å². The topological polar surface area (TPSA) is 64.5 Å². The van der Waals surface area contributed by atoms with Crippen molar-refractivity contribution >= 4 is 0 Å². The summed E-state index contributed by atoms with van der Waals surface area (Å²) in [5.41, 5.74) is 0.561. The number of quaternary nitrogens is 1. The highest BCUT2D eigenvalue weighted by molar-refractivity contribution is 5.51. The highest BCUT2D eigenvalue weighted by Gasteiger charge is 2.49. The molecule has 0 bridgehead atoms. The number of benzene rings is 1. The lowest BCUT2D eigenvalue weighted by Gasteiger charge is -2.46. The second-order valence-electron chi connectivity index (χ2n) is 6.71. The van der Waals surface area contributed by atoms with E-state index < -0.39 is 5.60 Å². The molecule has 0 radical (unpaired) electrons. The average molecular weight is 322 g/mol. The molecular formula is C18H28NO4+. The lowest BCUT2D eigenvalue weighted by Crippen LogP contribution is -2.91. The van der Waals surface area contributed by atoms with Crippen molar-refractivity contribution in [3.8, 4) is 17.2 Å². The first-order chi connectivity index (χ1) is 11.1. The van der Waals surface area contributed by atoms with Gasteiger partial charge in [-0.15, -0.1) is 0 Å². The minimum absolute atomic E-state index is 0.198. The van der Waals surface area contributed by atoms with Crippen LogP contribution in [-0.2, 0) is 0 Å². The molecule has 0 spiro atoms. The normalized spacial score (nSPS) is 30.4. The van der Waals surface area contributed by atoms with E-state index >= 15 is 0 Å². The molecule has 3 N–H and O–H groups in total. The minimum Gasteiger partial charge on any atom is -0.496 e. The van der Waals surface area contributed by atoms with Crippen LogP contribution in [0, 0.1) is 5.92 Å². The Bertz CT molecular complexity index is 558. The number of aliphatic hydroxyl groups is 1. The standard InChI is InChI=1S/C18H27NO4/c1-21-14-11-16(23-3)15(22-2)10-12(14)17-13-6-4-5-7-18(13,20)8-9-19-17/h10-11,13,17,19-20H,4-9H2,1-3H3/p+1/t13-,17-,18+/m1/s1. The Labute approximate surface area is 137 Å². The third-order valence-corrected chi connectivity index (χ3v) is 5.59. The van der Waals surface area contributed by atoms with Crippen LogP contribution >= 0.6 is 0 Å². The fourth-order valence-electron chi connectivity index (χ4n) is 4.41. The number of ether oxygens (including phenoxy) is 3. The zero-order valence-corrected chi connectivity index (χ0v) is 14.3. The van der Waals surface area contributed by atoms with Crippen LogP contribution in [0.3, 0.4) is 0 Å². The van der Waals surface area contributed by atoms with Crippen LogP contribution in [-0.4, -0.2) is 38.6 Å². The number of nitrogens with two attached hydrogens (primary N) is 1. The minimum atomic E-state index is -0.532. The second kappa shape index (κ2) is 6.57. The van der Waals surface area contributed by atoms with E-state index in [0.29, 0.717) is 11.5 Å². The first-order valence-corrected chi connectivity index (χ1v) is 8.48. The fourth-order valence-corrected chi connectivity index (χ4v) is 4.41. The number of hydrogen-bond donors (Lipinski definition) is 2. The molecule has 1 aliphatic carbocycles. The van der Waals surface area contributed by atoms with Gasteiger partial charge < -0.3 is 24.6 Å². The van der Waals surface area contributed by atoms with E-state index in [4.69, 9.17) is 14.2 Å². The van der Waals surface area contributed by atoms with Crippen LogP contribution in [0.5, 0.6) is 17.2 Å². The van der Waals surface area contributed by atoms with E-state index in [9.17, 15) is 5.11 Å². The summed E-state index contributed by atoms with van der Waals surface area (Å²) in [5.74, 6) is 2.44. The summed E-state index contributed by atoms with van der Waals surface area (Å²) in [4.78, 5) is 0. The Morgan fingerprint density at radius 1 is 1.00 bits per heavy atom. The quantitative estimate of drug-likeness (QED) is 0.884. The van der Waals surface area contributed by atoms with Crippen LogP contribution < -0.4 is 19.5 Å². The monoisotopic (exact) mass is 322 g/mol. The number of rotatable bonds is 4. The van der Waals surface area contributed by atoms with Gasteiger partial charge in [0.15, 0.2) is 11.5 Å². The predicted molar refractivity (Wildman–Crippen MR) is 87.2 cm³/mol. The van der Waals surface area contributed by atoms with Gasteiger partial charge in [-0.05, 0) is 18.9 Å². The summed E-state index contributed by atoms with van der Waals surface area (Å²) in [7, 11) is 4.96. The molecule has 5 heteroatoms. The second-order valence-corrected chi connectivity index (χ2v) is 6.71. The predicted octanol–water partition coefficient (Wildman–Crippen LogP) is 1.64. The van der Waals surface area contributed by atoms with Gasteiger partial charge in [-0.25, -0.2) is 0 Å². The fraction of sp³-hybridized carbons (Fsp3) is 0.667. The van der Waals surface area contributed by atoms with Crippen molar-refractivity contribution in [3.63, 3.8) is 0 Å². The number of hydrogen-bond acceptors (Lipinski definition) is 4. The molecule has 1 heterocycles. The van der Waals surface area contributed by atoms with Gasteiger partial charge in [0, 0.05) is 18.4 Å². The SMILES string of the molecule is COc1cc(OC)c([C@H]2[NH2+]CC[C@@]3(O)CCCC[C@H]23)cc1OC. The zero-order valence-electron chi connectivity index (χ0n) is 14.3. The molecule has 0 aromatic heterocycles. The summed E-state index contributed by atoms with van der Waals surface area (Å²) in [6.07, 6.45) is 5.17. The molecule has 3 atom stereocenters. The third kappa shape index (κ3) is 2.88. The Balaban J connectivity index is 2.02. The molecule has 128 valence electrons. The molecule has 1 aromatic carbocycles. The molecule has 2 fully saturated rings. The van der Waals surface area contributed by atoms with Crippen LogP contribution in [0.1, 0.15) is 43.7 Å². The number of piperidine rings is 1. The Hall–Kier alpha value is -1.46. The van der Waals surface area contributed by atoms with Crippen LogP contribution in [0.25, 0.3) is 0 Å². The van der Waals surface area contributed by atoms with Gasteiger partial charge >= 0.3 is 0 Å². The van der Waals surface area contributed by atoms with Crippen molar-refractivity contribution < 1.29 is 24.6 Å². The van der Waals surface area contributed by atoms with E-state index in [1.807, 2.05) is 12.1 Å². The molecule has 1 saturated heterocycles. The molecule has 0 unspecified atom stereocenters. The van der Waals surface area contributed by atoms with Crippen molar-refractivity contribution in [3.05, 3.63) is 17.7 Å². The van der Waals surface area contributed by atoms with Crippen molar-refractivity contribution in [2.75, 3.05) is 27.9 Å². The molecule has 1 aromatic rings. The molecule has 0 amide bonds. The summed E-state index contributed by atoms with van der Waals surface area (Å²) in [6.45, 7) is 0.940. The van der Waals surface area contributed by atoms with E-state index in [1.54, 1.807) is 21.3 Å². The summed E-state index contributed by atoms with van der Waals surface area (Å²) >= 11 is 0. The molecule has 5 nitrogen and oxygen atoms in total. The Kier molecular flexibility index (Phi) is 4.69. The number of methoxy groups -OCH3 is 3. The molecule has 2 aliphatic rings. The Morgan fingerprint density at radius 2 is 1.70 bits per heavy atom. The van der Waals surface area contributed by atoms with Gasteiger partial charge in [-0.2, -0.15) is 0 Å². The van der Waals surface area contributed by atoms with Crippen molar-refractivity contribution in [2.45, 2.75) is 43.7 Å². The maximum Gasteiger partial charge on any atom is 0.164 e. The van der Waals surface area contributed by atoms with Gasteiger partial charge in [0.05, 0.1) is 39.0 Å². The Morgan fingerprint density at radius 3 is 2.39 bits per heavy atom.